The predicted molar refractivity (Wildman–Crippen MR) is 76.4 cm³/mol. The maximum atomic E-state index is 13.2. The van der Waals surface area contributed by atoms with Crippen LogP contribution in [0, 0.1) is 17.1 Å². The Morgan fingerprint density at radius 3 is 2.75 bits per heavy atom. The fourth-order valence-corrected chi connectivity index (χ4v) is 1.80. The first-order valence-corrected chi connectivity index (χ1v) is 6.12. The SMILES string of the molecule is CCOc1cc(N)cc(Nc2ccc(F)c(C#N)c2)c1. The molecule has 0 unspecified atom stereocenters. The molecule has 0 fully saturated rings. The van der Waals surface area contributed by atoms with Gasteiger partial charge in [-0.15, -0.1) is 0 Å². The van der Waals surface area contributed by atoms with E-state index in [2.05, 4.69) is 5.32 Å². The van der Waals surface area contributed by atoms with Crippen LogP contribution < -0.4 is 15.8 Å². The van der Waals surface area contributed by atoms with Gasteiger partial charge in [0.1, 0.15) is 17.6 Å². The summed E-state index contributed by atoms with van der Waals surface area (Å²) in [7, 11) is 0. The maximum absolute atomic E-state index is 13.2. The highest BCUT2D eigenvalue weighted by Gasteiger charge is 2.04. The third kappa shape index (κ3) is 3.18. The second-order valence-electron chi connectivity index (χ2n) is 4.16. The average molecular weight is 271 g/mol. The number of benzene rings is 2. The van der Waals surface area contributed by atoms with Crippen molar-refractivity contribution >= 4 is 17.1 Å². The zero-order chi connectivity index (χ0) is 14.5. The lowest BCUT2D eigenvalue weighted by atomic mass is 10.2. The van der Waals surface area contributed by atoms with E-state index in [0.29, 0.717) is 29.4 Å². The molecule has 0 amide bonds. The Kier molecular flexibility index (Phi) is 4.06. The molecule has 0 aromatic heterocycles. The highest BCUT2D eigenvalue weighted by Crippen LogP contribution is 2.26. The zero-order valence-electron chi connectivity index (χ0n) is 11.0. The smallest absolute Gasteiger partial charge is 0.141 e. The van der Waals surface area contributed by atoms with E-state index in [4.69, 9.17) is 15.7 Å². The summed E-state index contributed by atoms with van der Waals surface area (Å²) in [6, 6.07) is 11.3. The minimum absolute atomic E-state index is 0.0102. The van der Waals surface area contributed by atoms with Gasteiger partial charge in [0.05, 0.1) is 12.2 Å². The molecule has 0 aliphatic heterocycles. The third-order valence-corrected chi connectivity index (χ3v) is 2.62. The summed E-state index contributed by atoms with van der Waals surface area (Å²) in [5.74, 6) is 0.109. The van der Waals surface area contributed by atoms with Crippen LogP contribution in [0.15, 0.2) is 36.4 Å². The van der Waals surface area contributed by atoms with Crippen LogP contribution in [0.5, 0.6) is 5.75 Å². The number of nitrogens with two attached hydrogens (primary N) is 1. The molecule has 4 nitrogen and oxygen atoms in total. The van der Waals surface area contributed by atoms with Crippen LogP contribution in [0.25, 0.3) is 0 Å². The lowest BCUT2D eigenvalue weighted by Crippen LogP contribution is -1.97. The van der Waals surface area contributed by atoms with E-state index in [1.807, 2.05) is 6.92 Å². The quantitative estimate of drug-likeness (QED) is 0.836. The van der Waals surface area contributed by atoms with Crippen molar-refractivity contribution in [2.45, 2.75) is 6.92 Å². The minimum Gasteiger partial charge on any atom is -0.494 e. The molecule has 0 heterocycles. The van der Waals surface area contributed by atoms with Crippen molar-refractivity contribution in [3.8, 4) is 11.8 Å². The van der Waals surface area contributed by atoms with Crippen molar-refractivity contribution in [2.75, 3.05) is 17.7 Å². The summed E-state index contributed by atoms with van der Waals surface area (Å²) in [4.78, 5) is 0. The average Bonchev–Trinajstić information content (AvgIpc) is 2.40. The lowest BCUT2D eigenvalue weighted by molar-refractivity contribution is 0.340. The van der Waals surface area contributed by atoms with E-state index in [-0.39, 0.29) is 5.56 Å². The summed E-state index contributed by atoms with van der Waals surface area (Å²) >= 11 is 0. The van der Waals surface area contributed by atoms with Crippen molar-refractivity contribution in [3.63, 3.8) is 0 Å². The van der Waals surface area contributed by atoms with E-state index >= 15 is 0 Å². The van der Waals surface area contributed by atoms with Gasteiger partial charge in [-0.25, -0.2) is 4.39 Å². The van der Waals surface area contributed by atoms with Gasteiger partial charge >= 0.3 is 0 Å². The van der Waals surface area contributed by atoms with Crippen LogP contribution in [-0.2, 0) is 0 Å². The summed E-state index contributed by atoms with van der Waals surface area (Å²) in [5.41, 5.74) is 7.66. The number of nitrogens with zero attached hydrogens (tertiary/aromatic N) is 1. The second kappa shape index (κ2) is 5.93. The first-order chi connectivity index (χ1) is 9.62. The molecule has 0 radical (unpaired) electrons. The van der Waals surface area contributed by atoms with E-state index in [1.165, 1.54) is 12.1 Å². The van der Waals surface area contributed by atoms with Crippen molar-refractivity contribution in [1.29, 1.82) is 5.26 Å². The number of ether oxygens (including phenoxy) is 1. The molecule has 3 N–H and O–H groups in total. The predicted octanol–water partition coefficient (Wildman–Crippen LogP) is 3.42. The van der Waals surface area contributed by atoms with Crippen LogP contribution in [0.2, 0.25) is 0 Å². The summed E-state index contributed by atoms with van der Waals surface area (Å²) in [6.45, 7) is 2.42. The van der Waals surface area contributed by atoms with Gasteiger partial charge in [-0.3, -0.25) is 0 Å². The number of hydrogen-bond donors (Lipinski definition) is 2. The number of nitrogen functional groups attached to an aromatic ring is 1. The van der Waals surface area contributed by atoms with Crippen molar-refractivity contribution < 1.29 is 9.13 Å². The topological polar surface area (TPSA) is 71.1 Å². The first kappa shape index (κ1) is 13.7. The van der Waals surface area contributed by atoms with Crippen LogP contribution in [0.1, 0.15) is 12.5 Å². The molecule has 2 aromatic rings. The minimum atomic E-state index is -0.541. The van der Waals surface area contributed by atoms with Gasteiger partial charge in [0.2, 0.25) is 0 Å². The maximum Gasteiger partial charge on any atom is 0.141 e. The van der Waals surface area contributed by atoms with Gasteiger partial charge in [-0.2, -0.15) is 5.26 Å². The van der Waals surface area contributed by atoms with Gasteiger partial charge in [0.25, 0.3) is 0 Å². The normalized spacial score (nSPS) is 9.85. The zero-order valence-corrected chi connectivity index (χ0v) is 11.0. The molecule has 0 atom stereocenters. The molecule has 0 aliphatic rings. The van der Waals surface area contributed by atoms with Crippen LogP contribution >= 0.6 is 0 Å². The summed E-state index contributed by atoms with van der Waals surface area (Å²) in [6.07, 6.45) is 0. The molecule has 2 rings (SSSR count). The molecular weight excluding hydrogens is 257 g/mol. The summed E-state index contributed by atoms with van der Waals surface area (Å²) in [5, 5.41) is 11.9. The highest BCUT2D eigenvalue weighted by atomic mass is 19.1. The molecular formula is C15H14FN3O. The van der Waals surface area contributed by atoms with Gasteiger partial charge in [-0.1, -0.05) is 0 Å². The Bertz CT molecular complexity index is 665. The van der Waals surface area contributed by atoms with Crippen molar-refractivity contribution in [2.24, 2.45) is 0 Å². The van der Waals surface area contributed by atoms with Gasteiger partial charge in [0.15, 0.2) is 0 Å². The molecule has 0 spiro atoms. The standard InChI is InChI=1S/C15H14FN3O/c1-2-20-14-7-11(18)6-13(8-14)19-12-3-4-15(16)10(5-12)9-17/h3-8,19H,2,18H2,1H3. The number of anilines is 3. The number of rotatable bonds is 4. The Morgan fingerprint density at radius 1 is 1.25 bits per heavy atom. The fourth-order valence-electron chi connectivity index (χ4n) is 1.80. The highest BCUT2D eigenvalue weighted by molar-refractivity contribution is 5.67. The molecule has 20 heavy (non-hydrogen) atoms. The molecule has 0 bridgehead atoms. The van der Waals surface area contributed by atoms with Crippen molar-refractivity contribution in [3.05, 3.63) is 47.8 Å². The Balaban J connectivity index is 2.28. The molecule has 5 heteroatoms. The largest absolute Gasteiger partial charge is 0.494 e. The van der Waals surface area contributed by atoms with Gasteiger partial charge in [-0.05, 0) is 31.2 Å². The van der Waals surface area contributed by atoms with Crippen LogP contribution in [-0.4, -0.2) is 6.61 Å². The lowest BCUT2D eigenvalue weighted by Gasteiger charge is -2.11. The Labute approximate surface area is 116 Å². The van der Waals surface area contributed by atoms with Crippen molar-refractivity contribution in [1.82, 2.24) is 0 Å². The number of halogens is 1. The Morgan fingerprint density at radius 2 is 2.05 bits per heavy atom. The monoisotopic (exact) mass is 271 g/mol. The first-order valence-electron chi connectivity index (χ1n) is 6.12. The molecule has 2 aromatic carbocycles. The van der Waals surface area contributed by atoms with E-state index in [1.54, 1.807) is 30.3 Å². The Hall–Kier alpha value is -2.74. The molecule has 0 saturated heterocycles. The number of nitrogens with one attached hydrogen (secondary N) is 1. The van der Waals surface area contributed by atoms with Crippen LogP contribution in [0.3, 0.4) is 0 Å². The fraction of sp³-hybridized carbons (Fsp3) is 0.133. The van der Waals surface area contributed by atoms with Gasteiger partial charge < -0.3 is 15.8 Å². The molecule has 102 valence electrons. The van der Waals surface area contributed by atoms with E-state index < -0.39 is 5.82 Å². The van der Waals surface area contributed by atoms with Gasteiger partial charge in [0, 0.05) is 29.2 Å². The summed E-state index contributed by atoms with van der Waals surface area (Å²) < 4.78 is 18.6. The van der Waals surface area contributed by atoms with Crippen LogP contribution in [0.4, 0.5) is 21.5 Å². The van der Waals surface area contributed by atoms with E-state index in [9.17, 15) is 4.39 Å². The second-order valence-corrected chi connectivity index (χ2v) is 4.16. The molecule has 0 saturated carbocycles. The van der Waals surface area contributed by atoms with E-state index in [0.717, 1.165) is 0 Å². The number of hydrogen-bond acceptors (Lipinski definition) is 4. The number of nitriles is 1. The molecule has 0 aliphatic carbocycles. The third-order valence-electron chi connectivity index (χ3n) is 2.62.